The quantitative estimate of drug-likeness (QED) is 0.835. The van der Waals surface area contributed by atoms with Crippen molar-refractivity contribution in [2.75, 3.05) is 18.6 Å². The monoisotopic (exact) mass is 362 g/mol. The van der Waals surface area contributed by atoms with E-state index < -0.39 is 9.84 Å². The van der Waals surface area contributed by atoms with Crippen LogP contribution in [0.25, 0.3) is 0 Å². The van der Waals surface area contributed by atoms with Crippen LogP contribution in [0.3, 0.4) is 0 Å². The Morgan fingerprint density at radius 2 is 2.08 bits per heavy atom. The van der Waals surface area contributed by atoms with Crippen molar-refractivity contribution in [3.8, 4) is 0 Å². The van der Waals surface area contributed by atoms with Crippen molar-refractivity contribution in [2.24, 2.45) is 0 Å². The number of hydrogen-bond donors (Lipinski definition) is 0. The molecule has 1 aliphatic heterocycles. The number of hydrogen-bond acceptors (Lipinski definition) is 4. The van der Waals surface area contributed by atoms with Crippen molar-refractivity contribution in [3.63, 3.8) is 0 Å². The molecule has 0 bridgehead atoms. The van der Waals surface area contributed by atoms with Gasteiger partial charge in [-0.25, -0.2) is 12.8 Å². The summed E-state index contributed by atoms with van der Waals surface area (Å²) in [6, 6.07) is 7.70. The first-order valence-electron chi connectivity index (χ1n) is 8.00. The van der Waals surface area contributed by atoms with E-state index >= 15 is 0 Å². The SMILES string of the molecule is CN(C(=O)c1cncc(Cc2cccc(F)c2)c1)[C@@H]1CCS(=O)(=O)C1. The van der Waals surface area contributed by atoms with Gasteiger partial charge >= 0.3 is 0 Å². The fourth-order valence-corrected chi connectivity index (χ4v) is 4.81. The van der Waals surface area contributed by atoms with Gasteiger partial charge in [0.05, 0.1) is 17.1 Å². The summed E-state index contributed by atoms with van der Waals surface area (Å²) in [6.07, 6.45) is 4.04. The highest BCUT2D eigenvalue weighted by atomic mass is 32.2. The molecule has 5 nitrogen and oxygen atoms in total. The second-order valence-electron chi connectivity index (χ2n) is 6.36. The fourth-order valence-electron chi connectivity index (χ4n) is 3.03. The molecule has 0 aliphatic carbocycles. The van der Waals surface area contributed by atoms with Gasteiger partial charge in [-0.3, -0.25) is 9.78 Å². The number of pyridine rings is 1. The maximum absolute atomic E-state index is 13.3. The number of nitrogens with zero attached hydrogens (tertiary/aromatic N) is 2. The molecule has 1 saturated heterocycles. The molecule has 0 spiro atoms. The summed E-state index contributed by atoms with van der Waals surface area (Å²) in [5.41, 5.74) is 1.99. The third-order valence-corrected chi connectivity index (χ3v) is 6.17. The molecule has 2 heterocycles. The van der Waals surface area contributed by atoms with Crippen molar-refractivity contribution < 1.29 is 17.6 Å². The zero-order valence-electron chi connectivity index (χ0n) is 13.9. The Kier molecular flexibility index (Phi) is 4.85. The molecule has 2 aromatic rings. The Hall–Kier alpha value is -2.28. The first-order valence-corrected chi connectivity index (χ1v) is 9.82. The maximum atomic E-state index is 13.3. The zero-order chi connectivity index (χ0) is 18.0. The summed E-state index contributed by atoms with van der Waals surface area (Å²) in [5, 5.41) is 0. The maximum Gasteiger partial charge on any atom is 0.255 e. The van der Waals surface area contributed by atoms with E-state index in [0.717, 1.165) is 11.1 Å². The molecule has 132 valence electrons. The van der Waals surface area contributed by atoms with Gasteiger partial charge in [-0.05, 0) is 42.2 Å². The fraction of sp³-hybridized carbons (Fsp3) is 0.333. The molecule has 0 unspecified atom stereocenters. The number of sulfone groups is 1. The van der Waals surface area contributed by atoms with E-state index in [1.54, 1.807) is 25.4 Å². The van der Waals surface area contributed by atoms with Crippen LogP contribution in [0.1, 0.15) is 27.9 Å². The second kappa shape index (κ2) is 6.92. The van der Waals surface area contributed by atoms with Crippen LogP contribution in [-0.4, -0.2) is 48.8 Å². The molecule has 1 atom stereocenters. The normalized spacial score (nSPS) is 18.9. The molecule has 3 rings (SSSR count). The van der Waals surface area contributed by atoms with Crippen LogP contribution in [-0.2, 0) is 16.3 Å². The van der Waals surface area contributed by atoms with Gasteiger partial charge in [0.1, 0.15) is 5.82 Å². The lowest BCUT2D eigenvalue weighted by atomic mass is 10.0. The minimum absolute atomic E-state index is 0.00561. The molecule has 7 heteroatoms. The molecule has 1 amide bonds. The van der Waals surface area contributed by atoms with Crippen LogP contribution < -0.4 is 0 Å². The Balaban J connectivity index is 1.75. The average Bonchev–Trinajstić information content (AvgIpc) is 2.94. The van der Waals surface area contributed by atoms with E-state index in [1.165, 1.54) is 23.2 Å². The summed E-state index contributed by atoms with van der Waals surface area (Å²) >= 11 is 0. The lowest BCUT2D eigenvalue weighted by molar-refractivity contribution is 0.0747. The van der Waals surface area contributed by atoms with E-state index in [2.05, 4.69) is 4.98 Å². The van der Waals surface area contributed by atoms with Gasteiger partial charge in [-0.15, -0.1) is 0 Å². The third kappa shape index (κ3) is 4.22. The predicted molar refractivity (Wildman–Crippen MR) is 92.6 cm³/mol. The minimum Gasteiger partial charge on any atom is -0.338 e. The molecule has 0 radical (unpaired) electrons. The lowest BCUT2D eigenvalue weighted by Gasteiger charge is -2.23. The van der Waals surface area contributed by atoms with Crippen LogP contribution in [0.4, 0.5) is 4.39 Å². The molecule has 1 aliphatic rings. The van der Waals surface area contributed by atoms with E-state index in [9.17, 15) is 17.6 Å². The van der Waals surface area contributed by atoms with Crippen LogP contribution in [0, 0.1) is 5.82 Å². The lowest BCUT2D eigenvalue weighted by Crippen LogP contribution is -2.37. The van der Waals surface area contributed by atoms with Crippen LogP contribution in [0.2, 0.25) is 0 Å². The van der Waals surface area contributed by atoms with E-state index in [0.29, 0.717) is 18.4 Å². The zero-order valence-corrected chi connectivity index (χ0v) is 14.7. The third-order valence-electron chi connectivity index (χ3n) is 4.42. The van der Waals surface area contributed by atoms with Gasteiger partial charge in [-0.2, -0.15) is 0 Å². The second-order valence-corrected chi connectivity index (χ2v) is 8.59. The number of carbonyl (C=O) groups is 1. The molecule has 25 heavy (non-hydrogen) atoms. The Morgan fingerprint density at radius 3 is 2.76 bits per heavy atom. The predicted octanol–water partition coefficient (Wildman–Crippen LogP) is 2.07. The van der Waals surface area contributed by atoms with Crippen molar-refractivity contribution in [3.05, 3.63) is 65.2 Å². The summed E-state index contributed by atoms with van der Waals surface area (Å²) in [5.74, 6) is -0.436. The summed E-state index contributed by atoms with van der Waals surface area (Å²) in [4.78, 5) is 18.2. The highest BCUT2D eigenvalue weighted by Crippen LogP contribution is 2.19. The average molecular weight is 362 g/mol. The summed E-state index contributed by atoms with van der Waals surface area (Å²) in [7, 11) is -1.44. The number of halogens is 1. The molecule has 1 aromatic heterocycles. The number of amides is 1. The molecule has 1 fully saturated rings. The minimum atomic E-state index is -3.05. The molecule has 0 N–H and O–H groups in total. The van der Waals surface area contributed by atoms with Gasteiger partial charge in [0.2, 0.25) is 0 Å². The number of benzene rings is 1. The smallest absolute Gasteiger partial charge is 0.255 e. The van der Waals surface area contributed by atoms with E-state index in [1.807, 2.05) is 6.07 Å². The van der Waals surface area contributed by atoms with Crippen molar-refractivity contribution in [1.82, 2.24) is 9.88 Å². The van der Waals surface area contributed by atoms with Crippen molar-refractivity contribution >= 4 is 15.7 Å². The van der Waals surface area contributed by atoms with Gasteiger partial charge in [0.15, 0.2) is 9.84 Å². The number of carbonyl (C=O) groups excluding carboxylic acids is 1. The Labute approximate surface area is 146 Å². The topological polar surface area (TPSA) is 67.3 Å². The highest BCUT2D eigenvalue weighted by Gasteiger charge is 2.33. The molecular weight excluding hydrogens is 343 g/mol. The molecule has 0 saturated carbocycles. The standard InChI is InChI=1S/C18H19FN2O3S/c1-21(17-5-6-25(23,24)12-17)18(22)15-8-14(10-20-11-15)7-13-3-2-4-16(19)9-13/h2-4,8-11,17H,5-7,12H2,1H3/t17-/m1/s1. The van der Waals surface area contributed by atoms with Gasteiger partial charge in [0.25, 0.3) is 5.91 Å². The van der Waals surface area contributed by atoms with Crippen LogP contribution in [0.15, 0.2) is 42.7 Å². The molecule has 1 aromatic carbocycles. The molecular formula is C18H19FN2O3S. The number of aromatic nitrogens is 1. The van der Waals surface area contributed by atoms with E-state index in [4.69, 9.17) is 0 Å². The Bertz CT molecular complexity index is 899. The summed E-state index contributed by atoms with van der Waals surface area (Å²) < 4.78 is 36.5. The van der Waals surface area contributed by atoms with Crippen molar-refractivity contribution in [2.45, 2.75) is 18.9 Å². The van der Waals surface area contributed by atoms with Crippen molar-refractivity contribution in [1.29, 1.82) is 0 Å². The first-order chi connectivity index (χ1) is 11.8. The highest BCUT2D eigenvalue weighted by molar-refractivity contribution is 7.91. The first kappa shape index (κ1) is 17.5. The van der Waals surface area contributed by atoms with E-state index in [-0.39, 0.29) is 29.3 Å². The van der Waals surface area contributed by atoms with Gasteiger partial charge in [-0.1, -0.05) is 12.1 Å². The van der Waals surface area contributed by atoms with Gasteiger partial charge in [0, 0.05) is 25.5 Å². The number of rotatable bonds is 4. The van der Waals surface area contributed by atoms with Crippen LogP contribution in [0.5, 0.6) is 0 Å². The summed E-state index contributed by atoms with van der Waals surface area (Å²) in [6.45, 7) is 0. The Morgan fingerprint density at radius 1 is 1.28 bits per heavy atom. The van der Waals surface area contributed by atoms with Crippen LogP contribution >= 0.6 is 0 Å². The van der Waals surface area contributed by atoms with Gasteiger partial charge < -0.3 is 4.90 Å². The largest absolute Gasteiger partial charge is 0.338 e.